The maximum atomic E-state index is 12.2. The first kappa shape index (κ1) is 15.2. The molecule has 3 aromatic rings. The van der Waals surface area contributed by atoms with Crippen LogP contribution < -0.4 is 5.32 Å². The lowest BCUT2D eigenvalue weighted by atomic mass is 10.1. The smallest absolute Gasteiger partial charge is 0.274 e. The molecule has 1 aromatic carbocycles. The molecule has 2 aromatic heterocycles. The van der Waals surface area contributed by atoms with Crippen molar-refractivity contribution in [3.63, 3.8) is 0 Å². The zero-order valence-electron chi connectivity index (χ0n) is 12.4. The molecular weight excluding hydrogens is 314 g/mol. The molecule has 0 bridgehead atoms. The predicted octanol–water partition coefficient (Wildman–Crippen LogP) is 3.88. The molecule has 0 saturated heterocycles. The SMILES string of the molecule is CC(NC(=O)c1cc(-c2ccc(Cl)cc2)on1)c1ccccn1. The Kier molecular flexibility index (Phi) is 4.39. The van der Waals surface area contributed by atoms with Crippen molar-refractivity contribution in [2.75, 3.05) is 0 Å². The van der Waals surface area contributed by atoms with Gasteiger partial charge in [-0.2, -0.15) is 0 Å². The maximum absolute atomic E-state index is 12.2. The molecule has 1 unspecified atom stereocenters. The van der Waals surface area contributed by atoms with Crippen molar-refractivity contribution in [3.05, 3.63) is 71.1 Å². The van der Waals surface area contributed by atoms with Crippen molar-refractivity contribution in [1.29, 1.82) is 0 Å². The van der Waals surface area contributed by atoms with Gasteiger partial charge in [-0.3, -0.25) is 9.78 Å². The normalized spacial score (nSPS) is 11.9. The van der Waals surface area contributed by atoms with Gasteiger partial charge in [0.05, 0.1) is 11.7 Å². The Morgan fingerprint density at radius 2 is 2.00 bits per heavy atom. The molecule has 0 aliphatic carbocycles. The summed E-state index contributed by atoms with van der Waals surface area (Å²) in [4.78, 5) is 16.5. The van der Waals surface area contributed by atoms with Crippen LogP contribution in [-0.4, -0.2) is 16.0 Å². The number of hydrogen-bond donors (Lipinski definition) is 1. The number of amides is 1. The van der Waals surface area contributed by atoms with Gasteiger partial charge in [0.2, 0.25) is 0 Å². The third kappa shape index (κ3) is 3.57. The summed E-state index contributed by atoms with van der Waals surface area (Å²) in [6.45, 7) is 1.86. The Hall–Kier alpha value is -2.66. The second-order valence-electron chi connectivity index (χ2n) is 5.03. The van der Waals surface area contributed by atoms with Crippen LogP contribution in [0, 0.1) is 0 Å². The minimum absolute atomic E-state index is 0.220. The number of nitrogens with one attached hydrogen (secondary N) is 1. The Labute approximate surface area is 138 Å². The summed E-state index contributed by atoms with van der Waals surface area (Å²) in [5, 5.41) is 7.30. The van der Waals surface area contributed by atoms with E-state index in [4.69, 9.17) is 16.1 Å². The van der Waals surface area contributed by atoms with Crippen LogP contribution in [0.4, 0.5) is 0 Å². The molecule has 0 saturated carbocycles. The zero-order valence-corrected chi connectivity index (χ0v) is 13.1. The number of carbonyl (C=O) groups excluding carboxylic acids is 1. The van der Waals surface area contributed by atoms with Gasteiger partial charge in [0.1, 0.15) is 0 Å². The monoisotopic (exact) mass is 327 g/mol. The summed E-state index contributed by atoms with van der Waals surface area (Å²) < 4.78 is 5.23. The first-order valence-corrected chi connectivity index (χ1v) is 7.46. The van der Waals surface area contributed by atoms with Gasteiger partial charge in [0.25, 0.3) is 5.91 Å². The number of aromatic nitrogens is 2. The van der Waals surface area contributed by atoms with E-state index in [1.807, 2.05) is 25.1 Å². The van der Waals surface area contributed by atoms with E-state index in [0.717, 1.165) is 11.3 Å². The molecular formula is C17H14ClN3O2. The average Bonchev–Trinajstić information content (AvgIpc) is 3.06. The number of benzene rings is 1. The molecule has 23 heavy (non-hydrogen) atoms. The fourth-order valence-corrected chi connectivity index (χ4v) is 2.24. The van der Waals surface area contributed by atoms with Crippen LogP contribution in [0.2, 0.25) is 5.02 Å². The molecule has 5 nitrogen and oxygen atoms in total. The number of pyridine rings is 1. The average molecular weight is 328 g/mol. The first-order chi connectivity index (χ1) is 11.1. The topological polar surface area (TPSA) is 68.0 Å². The Morgan fingerprint density at radius 3 is 2.70 bits per heavy atom. The highest BCUT2D eigenvalue weighted by Crippen LogP contribution is 2.22. The van der Waals surface area contributed by atoms with E-state index >= 15 is 0 Å². The van der Waals surface area contributed by atoms with E-state index in [9.17, 15) is 4.79 Å². The van der Waals surface area contributed by atoms with Gasteiger partial charge in [-0.15, -0.1) is 0 Å². The summed E-state index contributed by atoms with van der Waals surface area (Å²) >= 11 is 5.85. The van der Waals surface area contributed by atoms with Crippen molar-refractivity contribution in [2.24, 2.45) is 0 Å². The molecule has 0 fully saturated rings. The van der Waals surface area contributed by atoms with Gasteiger partial charge in [-0.05, 0) is 43.3 Å². The third-order valence-electron chi connectivity index (χ3n) is 3.35. The molecule has 6 heteroatoms. The summed E-state index contributed by atoms with van der Waals surface area (Å²) in [5.74, 6) is 0.199. The number of carbonyl (C=O) groups is 1. The van der Waals surface area contributed by atoms with Gasteiger partial charge in [-0.25, -0.2) is 0 Å². The minimum atomic E-state index is -0.313. The van der Waals surface area contributed by atoms with E-state index in [1.54, 1.807) is 36.5 Å². The van der Waals surface area contributed by atoms with E-state index in [-0.39, 0.29) is 17.6 Å². The second kappa shape index (κ2) is 6.62. The molecule has 3 rings (SSSR count). The molecule has 0 radical (unpaired) electrons. The Balaban J connectivity index is 1.72. The van der Waals surface area contributed by atoms with Crippen LogP contribution in [-0.2, 0) is 0 Å². The largest absolute Gasteiger partial charge is 0.355 e. The predicted molar refractivity (Wildman–Crippen MR) is 87.1 cm³/mol. The number of hydrogen-bond acceptors (Lipinski definition) is 4. The summed E-state index contributed by atoms with van der Waals surface area (Å²) in [6, 6.07) is 14.1. The highest BCUT2D eigenvalue weighted by Gasteiger charge is 2.17. The number of nitrogens with zero attached hydrogens (tertiary/aromatic N) is 2. The van der Waals surface area contributed by atoms with Gasteiger partial charge < -0.3 is 9.84 Å². The molecule has 1 atom stereocenters. The lowest BCUT2D eigenvalue weighted by Gasteiger charge is -2.11. The standard InChI is InChI=1S/C17H14ClN3O2/c1-11(14-4-2-3-9-19-14)20-17(22)15-10-16(23-21-15)12-5-7-13(18)8-6-12/h2-11H,1H3,(H,20,22). The fourth-order valence-electron chi connectivity index (χ4n) is 2.11. The molecule has 1 N–H and O–H groups in total. The first-order valence-electron chi connectivity index (χ1n) is 7.08. The Morgan fingerprint density at radius 1 is 1.22 bits per heavy atom. The third-order valence-corrected chi connectivity index (χ3v) is 3.60. The second-order valence-corrected chi connectivity index (χ2v) is 5.47. The van der Waals surface area contributed by atoms with E-state index < -0.39 is 0 Å². The molecule has 2 heterocycles. The number of rotatable bonds is 4. The van der Waals surface area contributed by atoms with Crippen LogP contribution in [0.15, 0.2) is 59.3 Å². The minimum Gasteiger partial charge on any atom is -0.355 e. The van der Waals surface area contributed by atoms with Crippen molar-refractivity contribution in [1.82, 2.24) is 15.5 Å². The summed E-state index contributed by atoms with van der Waals surface area (Å²) in [7, 11) is 0. The molecule has 1 amide bonds. The zero-order chi connectivity index (χ0) is 16.2. The lowest BCUT2D eigenvalue weighted by molar-refractivity contribution is 0.0930. The van der Waals surface area contributed by atoms with Gasteiger partial charge in [0.15, 0.2) is 11.5 Å². The maximum Gasteiger partial charge on any atom is 0.274 e. The lowest BCUT2D eigenvalue weighted by Crippen LogP contribution is -2.27. The van der Waals surface area contributed by atoms with Crippen LogP contribution in [0.25, 0.3) is 11.3 Å². The summed E-state index contributed by atoms with van der Waals surface area (Å²) in [6.07, 6.45) is 1.69. The van der Waals surface area contributed by atoms with E-state index in [1.165, 1.54) is 0 Å². The van der Waals surface area contributed by atoms with Crippen molar-refractivity contribution in [2.45, 2.75) is 13.0 Å². The van der Waals surface area contributed by atoms with E-state index in [2.05, 4.69) is 15.5 Å². The highest BCUT2D eigenvalue weighted by atomic mass is 35.5. The molecule has 0 aliphatic rings. The molecule has 0 spiro atoms. The van der Waals surface area contributed by atoms with Crippen LogP contribution in [0.5, 0.6) is 0 Å². The highest BCUT2D eigenvalue weighted by molar-refractivity contribution is 6.30. The van der Waals surface area contributed by atoms with Crippen LogP contribution >= 0.6 is 11.6 Å². The Bertz CT molecular complexity index is 800. The van der Waals surface area contributed by atoms with Crippen molar-refractivity contribution in [3.8, 4) is 11.3 Å². The van der Waals surface area contributed by atoms with Crippen LogP contribution in [0.3, 0.4) is 0 Å². The molecule has 116 valence electrons. The quantitative estimate of drug-likeness (QED) is 0.789. The van der Waals surface area contributed by atoms with Crippen LogP contribution in [0.1, 0.15) is 29.1 Å². The van der Waals surface area contributed by atoms with E-state index in [0.29, 0.717) is 10.8 Å². The summed E-state index contributed by atoms with van der Waals surface area (Å²) in [5.41, 5.74) is 1.80. The van der Waals surface area contributed by atoms with Crippen molar-refractivity contribution < 1.29 is 9.32 Å². The number of halogens is 1. The van der Waals surface area contributed by atoms with Gasteiger partial charge in [0, 0.05) is 22.8 Å². The van der Waals surface area contributed by atoms with Gasteiger partial charge in [-0.1, -0.05) is 22.8 Å². The fraction of sp³-hybridized carbons (Fsp3) is 0.118. The van der Waals surface area contributed by atoms with Crippen molar-refractivity contribution >= 4 is 17.5 Å². The van der Waals surface area contributed by atoms with Gasteiger partial charge >= 0.3 is 0 Å². The molecule has 0 aliphatic heterocycles.